The summed E-state index contributed by atoms with van der Waals surface area (Å²) in [7, 11) is 0. The molecule has 3 aromatic heterocycles. The molecule has 2 saturated heterocycles. The number of ether oxygens (including phenoxy) is 2. The minimum absolute atomic E-state index is 0.170. The maximum atomic E-state index is 11.0. The summed E-state index contributed by atoms with van der Waals surface area (Å²) in [5.41, 5.74) is 1.23. The van der Waals surface area contributed by atoms with Crippen LogP contribution in [0.25, 0.3) is 22.5 Å². The molecular formula is C23H27N5O4. The first-order valence-corrected chi connectivity index (χ1v) is 11.1. The van der Waals surface area contributed by atoms with Crippen molar-refractivity contribution >= 4 is 29.1 Å². The number of pyridine rings is 1. The van der Waals surface area contributed by atoms with Gasteiger partial charge in [0.1, 0.15) is 11.5 Å². The Morgan fingerprint density at radius 2 is 1.84 bits per heavy atom. The van der Waals surface area contributed by atoms with Crippen molar-refractivity contribution in [3.8, 4) is 11.5 Å². The Morgan fingerprint density at radius 1 is 1.03 bits per heavy atom. The van der Waals surface area contributed by atoms with E-state index in [4.69, 9.17) is 28.8 Å². The molecule has 0 aromatic carbocycles. The molecule has 2 atom stereocenters. The van der Waals surface area contributed by atoms with Crippen LogP contribution in [0.4, 0.5) is 11.8 Å². The number of furan rings is 1. The highest BCUT2D eigenvalue weighted by atomic mass is 16.5. The molecule has 0 spiro atoms. The second-order valence-electron chi connectivity index (χ2n) is 8.18. The van der Waals surface area contributed by atoms with Gasteiger partial charge in [0.15, 0.2) is 23.5 Å². The van der Waals surface area contributed by atoms with Crippen molar-refractivity contribution in [3.05, 3.63) is 30.0 Å². The number of nitrogens with zero attached hydrogens (tertiary/aromatic N) is 5. The number of aldehydes is 1. The lowest BCUT2D eigenvalue weighted by atomic mass is 10.1. The fourth-order valence-corrected chi connectivity index (χ4v) is 4.32. The van der Waals surface area contributed by atoms with Gasteiger partial charge in [0, 0.05) is 13.1 Å². The Morgan fingerprint density at radius 3 is 2.59 bits per heavy atom. The molecule has 32 heavy (non-hydrogen) atoms. The summed E-state index contributed by atoms with van der Waals surface area (Å²) in [6, 6.07) is 7.69. The van der Waals surface area contributed by atoms with Crippen LogP contribution in [0.3, 0.4) is 0 Å². The van der Waals surface area contributed by atoms with Crippen LogP contribution in [0.15, 0.2) is 28.7 Å². The fraction of sp³-hybridized carbons (Fsp3) is 0.478. The van der Waals surface area contributed by atoms with Crippen LogP contribution in [0.1, 0.15) is 30.8 Å². The van der Waals surface area contributed by atoms with Crippen LogP contribution >= 0.6 is 0 Å². The summed E-state index contributed by atoms with van der Waals surface area (Å²) in [5, 5.41) is 0.890. The third-order valence-electron chi connectivity index (χ3n) is 6.12. The van der Waals surface area contributed by atoms with Crippen LogP contribution < -0.4 is 9.80 Å². The molecule has 2 fully saturated rings. The number of hydrogen-bond acceptors (Lipinski definition) is 9. The van der Waals surface area contributed by atoms with Crippen LogP contribution in [0.2, 0.25) is 0 Å². The number of aromatic nitrogens is 3. The summed E-state index contributed by atoms with van der Waals surface area (Å²) < 4.78 is 16.9. The minimum atomic E-state index is 0.170. The summed E-state index contributed by atoms with van der Waals surface area (Å²) in [4.78, 5) is 30.2. The van der Waals surface area contributed by atoms with E-state index in [9.17, 15) is 4.79 Å². The van der Waals surface area contributed by atoms with E-state index in [2.05, 4.69) is 23.6 Å². The molecule has 2 aliphatic rings. The maximum Gasteiger partial charge on any atom is 0.229 e. The van der Waals surface area contributed by atoms with Crippen LogP contribution in [0, 0.1) is 0 Å². The second-order valence-corrected chi connectivity index (χ2v) is 8.18. The molecule has 0 amide bonds. The van der Waals surface area contributed by atoms with E-state index in [1.54, 1.807) is 12.1 Å². The molecule has 0 aliphatic carbocycles. The molecule has 5 rings (SSSR count). The minimum Gasteiger partial charge on any atom is -0.452 e. The lowest BCUT2D eigenvalue weighted by molar-refractivity contribution is 0.0925. The van der Waals surface area contributed by atoms with E-state index in [-0.39, 0.29) is 17.8 Å². The van der Waals surface area contributed by atoms with Crippen LogP contribution in [-0.4, -0.2) is 72.8 Å². The molecule has 0 saturated carbocycles. The molecule has 3 aromatic rings. The van der Waals surface area contributed by atoms with Crippen molar-refractivity contribution in [2.24, 2.45) is 0 Å². The zero-order valence-electron chi connectivity index (χ0n) is 18.4. The number of fused-ring (bicyclic) bond motifs is 1. The molecule has 9 heteroatoms. The Labute approximate surface area is 186 Å². The molecule has 2 aliphatic heterocycles. The van der Waals surface area contributed by atoms with Crippen molar-refractivity contribution in [1.82, 2.24) is 15.0 Å². The van der Waals surface area contributed by atoms with Crippen molar-refractivity contribution in [3.63, 3.8) is 0 Å². The van der Waals surface area contributed by atoms with Gasteiger partial charge in [-0.3, -0.25) is 4.79 Å². The van der Waals surface area contributed by atoms with Gasteiger partial charge in [-0.05, 0) is 37.6 Å². The number of anilines is 2. The highest BCUT2D eigenvalue weighted by Crippen LogP contribution is 2.32. The van der Waals surface area contributed by atoms with E-state index in [0.717, 1.165) is 30.7 Å². The number of morpholine rings is 2. The highest BCUT2D eigenvalue weighted by Gasteiger charge is 2.28. The van der Waals surface area contributed by atoms with Crippen molar-refractivity contribution in [1.29, 1.82) is 0 Å². The Bertz CT molecular complexity index is 1120. The van der Waals surface area contributed by atoms with Gasteiger partial charge >= 0.3 is 0 Å². The second kappa shape index (κ2) is 8.84. The summed E-state index contributed by atoms with van der Waals surface area (Å²) in [6.07, 6.45) is 1.65. The van der Waals surface area contributed by atoms with Gasteiger partial charge in [0.2, 0.25) is 5.95 Å². The molecular weight excluding hydrogens is 410 g/mol. The molecule has 0 radical (unpaired) electrons. The standard InChI is InChI=1S/C23H27N5O4/c1-3-16-14-31-11-9-28(16)22-18-5-6-19(20-7-4-17(12-29)32-20)24-21(18)25-23(26-22)27-8-10-30-13-15(27)2/h4-7,12,15-16H,3,8-11,13-14H2,1-2H3/t15-,16-/m0/s1. The largest absolute Gasteiger partial charge is 0.452 e. The first-order chi connectivity index (χ1) is 15.7. The van der Waals surface area contributed by atoms with E-state index >= 15 is 0 Å². The van der Waals surface area contributed by atoms with Gasteiger partial charge in [0.25, 0.3) is 0 Å². The van der Waals surface area contributed by atoms with Gasteiger partial charge in [-0.2, -0.15) is 9.97 Å². The zero-order valence-corrected chi connectivity index (χ0v) is 18.4. The third-order valence-corrected chi connectivity index (χ3v) is 6.12. The van der Waals surface area contributed by atoms with Gasteiger partial charge in [0.05, 0.1) is 43.9 Å². The van der Waals surface area contributed by atoms with Crippen LogP contribution in [-0.2, 0) is 9.47 Å². The maximum absolute atomic E-state index is 11.0. The normalized spacial score (nSPS) is 21.8. The lowest BCUT2D eigenvalue weighted by Gasteiger charge is -2.38. The van der Waals surface area contributed by atoms with Crippen molar-refractivity contribution < 1.29 is 18.7 Å². The number of carbonyl (C=O) groups is 1. The topological polar surface area (TPSA) is 93.8 Å². The molecule has 5 heterocycles. The average molecular weight is 438 g/mol. The SMILES string of the molecule is CC[C@H]1COCCN1c1nc(N2CCOC[C@@H]2C)nc2nc(-c3ccc(C=O)o3)ccc12. The smallest absolute Gasteiger partial charge is 0.229 e. The Balaban J connectivity index is 1.65. The van der Waals surface area contributed by atoms with E-state index in [1.807, 2.05) is 12.1 Å². The number of carbonyl (C=O) groups excluding carboxylic acids is 1. The van der Waals surface area contributed by atoms with E-state index in [1.165, 1.54) is 0 Å². The Hall–Kier alpha value is -3.04. The number of rotatable bonds is 5. The van der Waals surface area contributed by atoms with Crippen molar-refractivity contribution in [2.75, 3.05) is 49.3 Å². The predicted octanol–water partition coefficient (Wildman–Crippen LogP) is 2.94. The molecule has 0 bridgehead atoms. The summed E-state index contributed by atoms with van der Waals surface area (Å²) >= 11 is 0. The summed E-state index contributed by atoms with van der Waals surface area (Å²) in [6.45, 7) is 8.40. The molecule has 9 nitrogen and oxygen atoms in total. The van der Waals surface area contributed by atoms with Gasteiger partial charge < -0.3 is 23.7 Å². The van der Waals surface area contributed by atoms with E-state index < -0.39 is 0 Å². The van der Waals surface area contributed by atoms with E-state index in [0.29, 0.717) is 55.8 Å². The van der Waals surface area contributed by atoms with Gasteiger partial charge in [-0.15, -0.1) is 0 Å². The zero-order chi connectivity index (χ0) is 22.1. The van der Waals surface area contributed by atoms with Crippen LogP contribution in [0.5, 0.6) is 0 Å². The van der Waals surface area contributed by atoms with Crippen molar-refractivity contribution in [2.45, 2.75) is 32.4 Å². The molecule has 0 unspecified atom stereocenters. The first kappa shape index (κ1) is 20.8. The monoisotopic (exact) mass is 437 g/mol. The molecule has 168 valence electrons. The average Bonchev–Trinajstić information content (AvgIpc) is 3.33. The lowest BCUT2D eigenvalue weighted by Crippen LogP contribution is -2.47. The quantitative estimate of drug-likeness (QED) is 0.558. The predicted molar refractivity (Wildman–Crippen MR) is 120 cm³/mol. The number of hydrogen-bond donors (Lipinski definition) is 0. The fourth-order valence-electron chi connectivity index (χ4n) is 4.32. The van der Waals surface area contributed by atoms with Gasteiger partial charge in [-0.1, -0.05) is 6.92 Å². The third kappa shape index (κ3) is 3.82. The first-order valence-electron chi connectivity index (χ1n) is 11.1. The highest BCUT2D eigenvalue weighted by molar-refractivity contribution is 5.90. The summed E-state index contributed by atoms with van der Waals surface area (Å²) in [5.74, 6) is 2.34. The molecule has 0 N–H and O–H groups in total. The Kier molecular flexibility index (Phi) is 5.75. The van der Waals surface area contributed by atoms with Gasteiger partial charge in [-0.25, -0.2) is 4.98 Å².